The Hall–Kier alpha value is -3.63. The molecular formula is C27H29N5O2. The molecule has 1 N–H and O–H groups in total. The van der Waals surface area contributed by atoms with Crippen molar-refractivity contribution in [1.82, 2.24) is 14.9 Å². The molecule has 7 heteroatoms. The van der Waals surface area contributed by atoms with Crippen LogP contribution in [0.15, 0.2) is 42.5 Å². The van der Waals surface area contributed by atoms with Gasteiger partial charge in [0.1, 0.15) is 5.82 Å². The van der Waals surface area contributed by atoms with Crippen LogP contribution in [0.1, 0.15) is 45.3 Å². The third-order valence-electron chi connectivity index (χ3n) is 7.00. The number of carbonyl (C=O) groups excluding carboxylic acids is 1. The Labute approximate surface area is 200 Å². The van der Waals surface area contributed by atoms with Crippen molar-refractivity contribution in [1.29, 1.82) is 5.26 Å². The molecule has 1 unspecified atom stereocenters. The molecule has 0 spiro atoms. The Kier molecular flexibility index (Phi) is 5.84. The number of imidazole rings is 1. The van der Waals surface area contributed by atoms with Crippen LogP contribution in [-0.2, 0) is 4.74 Å². The number of methoxy groups -OCH3 is 1. The van der Waals surface area contributed by atoms with Crippen molar-refractivity contribution in [3.63, 3.8) is 0 Å². The van der Waals surface area contributed by atoms with E-state index in [1.54, 1.807) is 7.11 Å². The molecule has 1 aromatic heterocycles. The lowest BCUT2D eigenvalue weighted by Crippen LogP contribution is -2.48. The molecule has 2 saturated heterocycles. The summed E-state index contributed by atoms with van der Waals surface area (Å²) in [6.45, 7) is 7.09. The van der Waals surface area contributed by atoms with Crippen LogP contribution >= 0.6 is 0 Å². The van der Waals surface area contributed by atoms with Gasteiger partial charge >= 0.3 is 0 Å². The maximum Gasteiger partial charge on any atom is 0.253 e. The minimum Gasteiger partial charge on any atom is -0.380 e. The number of aryl methyl sites for hydroxylation is 2. The lowest BCUT2D eigenvalue weighted by Gasteiger charge is -2.39. The molecule has 0 bridgehead atoms. The molecule has 0 radical (unpaired) electrons. The highest BCUT2D eigenvalue weighted by molar-refractivity contribution is 5.97. The standard InChI is InChI=1S/C27H29N5O2/c1-17-26(30-18(2)29-17)24-12-21(8-9-25(24)31-11-10-23(16-31)34-3)27(33)32-14-22(15-32)20-6-4-19(13-28)5-7-20/h4-9,12,22-23H,10-11,14-16H2,1-3H3,(H,29,30). The maximum atomic E-state index is 13.3. The second-order valence-corrected chi connectivity index (χ2v) is 9.26. The first-order valence-corrected chi connectivity index (χ1v) is 11.7. The summed E-state index contributed by atoms with van der Waals surface area (Å²) in [7, 11) is 1.76. The first-order valence-electron chi connectivity index (χ1n) is 11.7. The zero-order valence-corrected chi connectivity index (χ0v) is 19.8. The van der Waals surface area contributed by atoms with Gasteiger partial charge in [-0.3, -0.25) is 4.79 Å². The van der Waals surface area contributed by atoms with Gasteiger partial charge in [0.25, 0.3) is 5.91 Å². The Balaban J connectivity index is 1.39. The zero-order chi connectivity index (χ0) is 23.8. The highest BCUT2D eigenvalue weighted by Gasteiger charge is 2.33. The van der Waals surface area contributed by atoms with E-state index in [1.165, 1.54) is 5.56 Å². The summed E-state index contributed by atoms with van der Waals surface area (Å²) in [6.07, 6.45) is 1.20. The summed E-state index contributed by atoms with van der Waals surface area (Å²) >= 11 is 0. The molecule has 0 saturated carbocycles. The fourth-order valence-electron chi connectivity index (χ4n) is 5.01. The lowest BCUT2D eigenvalue weighted by atomic mass is 9.90. The highest BCUT2D eigenvalue weighted by Crippen LogP contribution is 2.36. The number of likely N-dealkylation sites (tertiary alicyclic amines) is 1. The third kappa shape index (κ3) is 4.06. The second kappa shape index (κ2) is 8.96. The van der Waals surface area contributed by atoms with Crippen LogP contribution < -0.4 is 4.90 Å². The van der Waals surface area contributed by atoms with E-state index in [4.69, 9.17) is 15.0 Å². The largest absolute Gasteiger partial charge is 0.380 e. The van der Waals surface area contributed by atoms with E-state index in [0.717, 1.165) is 48.0 Å². The minimum atomic E-state index is 0.0406. The van der Waals surface area contributed by atoms with Gasteiger partial charge < -0.3 is 19.5 Å². The van der Waals surface area contributed by atoms with Gasteiger partial charge in [-0.15, -0.1) is 0 Å². The summed E-state index contributed by atoms with van der Waals surface area (Å²) < 4.78 is 5.57. The zero-order valence-electron chi connectivity index (χ0n) is 19.8. The van der Waals surface area contributed by atoms with E-state index < -0.39 is 0 Å². The number of anilines is 1. The molecule has 5 rings (SSSR count). The molecule has 174 valence electrons. The highest BCUT2D eigenvalue weighted by atomic mass is 16.5. The van der Waals surface area contributed by atoms with Crippen molar-refractivity contribution in [3.05, 3.63) is 70.7 Å². The molecule has 34 heavy (non-hydrogen) atoms. The number of nitriles is 1. The SMILES string of the molecule is COC1CCN(c2ccc(C(=O)N3CC(c4ccc(C#N)cc4)C3)cc2-c2nc(C)[nH]c2C)C1. The Bertz CT molecular complexity index is 1250. The predicted octanol–water partition coefficient (Wildman–Crippen LogP) is 4.03. The number of benzene rings is 2. The number of nitrogens with zero attached hydrogens (tertiary/aromatic N) is 4. The van der Waals surface area contributed by atoms with Crippen molar-refractivity contribution in [2.45, 2.75) is 32.3 Å². The average molecular weight is 456 g/mol. The summed E-state index contributed by atoms with van der Waals surface area (Å²) in [5.41, 5.74) is 6.46. The number of hydrogen-bond donors (Lipinski definition) is 1. The van der Waals surface area contributed by atoms with E-state index in [2.05, 4.69) is 22.0 Å². The molecule has 7 nitrogen and oxygen atoms in total. The summed E-state index contributed by atoms with van der Waals surface area (Å²) in [4.78, 5) is 25.6. The number of aromatic amines is 1. The van der Waals surface area contributed by atoms with Gasteiger partial charge in [0.15, 0.2) is 0 Å². The van der Waals surface area contributed by atoms with E-state index in [0.29, 0.717) is 30.1 Å². The molecule has 2 fully saturated rings. The summed E-state index contributed by atoms with van der Waals surface area (Å²) in [5.74, 6) is 1.21. The summed E-state index contributed by atoms with van der Waals surface area (Å²) in [5, 5.41) is 9.00. The number of rotatable bonds is 5. The number of H-pyrrole nitrogens is 1. The average Bonchev–Trinajstić information content (AvgIpc) is 3.43. The molecular weight excluding hydrogens is 426 g/mol. The number of carbonyl (C=O) groups is 1. The first-order chi connectivity index (χ1) is 16.5. The number of nitrogens with one attached hydrogen (secondary N) is 1. The molecule has 2 aliphatic rings. The van der Waals surface area contributed by atoms with Crippen LogP contribution in [0.5, 0.6) is 0 Å². The summed E-state index contributed by atoms with van der Waals surface area (Å²) in [6, 6.07) is 15.8. The number of hydrogen-bond acceptors (Lipinski definition) is 5. The van der Waals surface area contributed by atoms with Crippen molar-refractivity contribution in [3.8, 4) is 17.3 Å². The van der Waals surface area contributed by atoms with Crippen molar-refractivity contribution in [2.24, 2.45) is 0 Å². The molecule has 1 amide bonds. The van der Waals surface area contributed by atoms with Crippen LogP contribution in [0, 0.1) is 25.2 Å². The predicted molar refractivity (Wildman–Crippen MR) is 131 cm³/mol. The van der Waals surface area contributed by atoms with Gasteiger partial charge in [-0.05, 0) is 56.2 Å². The quantitative estimate of drug-likeness (QED) is 0.628. The third-order valence-corrected chi connectivity index (χ3v) is 7.00. The minimum absolute atomic E-state index is 0.0406. The molecule has 3 heterocycles. The Morgan fingerprint density at radius 1 is 1.15 bits per heavy atom. The van der Waals surface area contributed by atoms with Crippen molar-refractivity contribution in [2.75, 3.05) is 38.2 Å². The maximum absolute atomic E-state index is 13.3. The topological polar surface area (TPSA) is 85.2 Å². The van der Waals surface area contributed by atoms with Gasteiger partial charge in [0, 0.05) is 61.7 Å². The van der Waals surface area contributed by atoms with Crippen LogP contribution in [-0.4, -0.2) is 60.2 Å². The van der Waals surface area contributed by atoms with Crippen LogP contribution in [0.2, 0.25) is 0 Å². The van der Waals surface area contributed by atoms with Gasteiger partial charge in [-0.2, -0.15) is 5.26 Å². The molecule has 3 aromatic rings. The normalized spacial score (nSPS) is 18.1. The fraction of sp³-hybridized carbons (Fsp3) is 0.370. The van der Waals surface area contributed by atoms with E-state index in [-0.39, 0.29) is 12.0 Å². The van der Waals surface area contributed by atoms with E-state index in [1.807, 2.05) is 55.1 Å². The van der Waals surface area contributed by atoms with Gasteiger partial charge in [0.05, 0.1) is 23.4 Å². The number of amides is 1. The molecule has 2 aliphatic heterocycles. The monoisotopic (exact) mass is 455 g/mol. The van der Waals surface area contributed by atoms with Crippen LogP contribution in [0.4, 0.5) is 5.69 Å². The van der Waals surface area contributed by atoms with Crippen LogP contribution in [0.3, 0.4) is 0 Å². The molecule has 2 aromatic carbocycles. The van der Waals surface area contributed by atoms with E-state index >= 15 is 0 Å². The lowest BCUT2D eigenvalue weighted by molar-refractivity contribution is 0.0602. The number of aromatic nitrogens is 2. The fourth-order valence-corrected chi connectivity index (χ4v) is 5.01. The van der Waals surface area contributed by atoms with Gasteiger partial charge in [-0.1, -0.05) is 12.1 Å². The van der Waals surface area contributed by atoms with Gasteiger partial charge in [0.2, 0.25) is 0 Å². The van der Waals surface area contributed by atoms with Crippen molar-refractivity contribution >= 4 is 11.6 Å². The Morgan fingerprint density at radius 3 is 2.53 bits per heavy atom. The van der Waals surface area contributed by atoms with Crippen molar-refractivity contribution < 1.29 is 9.53 Å². The molecule has 1 atom stereocenters. The smallest absolute Gasteiger partial charge is 0.253 e. The molecule has 0 aliphatic carbocycles. The van der Waals surface area contributed by atoms with Crippen LogP contribution in [0.25, 0.3) is 11.3 Å². The van der Waals surface area contributed by atoms with E-state index in [9.17, 15) is 4.79 Å². The number of ether oxygens (including phenoxy) is 1. The van der Waals surface area contributed by atoms with Gasteiger partial charge in [-0.25, -0.2) is 4.98 Å². The second-order valence-electron chi connectivity index (χ2n) is 9.26. The Morgan fingerprint density at radius 2 is 1.91 bits per heavy atom. The first kappa shape index (κ1) is 22.2.